The molecular weight excluding hydrogens is 302 g/mol. The van der Waals surface area contributed by atoms with Crippen LogP contribution in [0.3, 0.4) is 0 Å². The lowest BCUT2D eigenvalue weighted by Crippen LogP contribution is -2.37. The van der Waals surface area contributed by atoms with Gasteiger partial charge in [0, 0.05) is 0 Å². The number of rotatable bonds is 7. The van der Waals surface area contributed by atoms with Crippen LogP contribution in [0.1, 0.15) is 23.6 Å². The van der Waals surface area contributed by atoms with Gasteiger partial charge in [0.05, 0.1) is 19.6 Å². The molecule has 1 amide bonds. The number of nitrogens with one attached hydrogen (secondary N) is 1. The van der Waals surface area contributed by atoms with Crippen LogP contribution in [0.25, 0.3) is 0 Å². The molecule has 4 nitrogen and oxygen atoms in total. The van der Waals surface area contributed by atoms with Crippen LogP contribution in [0.4, 0.5) is 0 Å². The lowest BCUT2D eigenvalue weighted by Gasteiger charge is -2.15. The largest absolute Gasteiger partial charge is 0.497 e. The monoisotopic (exact) mass is 327 g/mol. The minimum absolute atomic E-state index is 0.00378. The molecule has 2 aromatic carbocycles. The third-order valence-electron chi connectivity index (χ3n) is 3.90. The molecule has 0 bridgehead atoms. The fourth-order valence-corrected chi connectivity index (χ4v) is 2.36. The molecule has 4 heteroatoms. The molecule has 1 atom stereocenters. The highest BCUT2D eigenvalue weighted by molar-refractivity contribution is 5.78. The van der Waals surface area contributed by atoms with Gasteiger partial charge < -0.3 is 14.8 Å². The van der Waals surface area contributed by atoms with E-state index in [0.717, 1.165) is 17.1 Å². The summed E-state index contributed by atoms with van der Waals surface area (Å²) < 4.78 is 10.8. The van der Waals surface area contributed by atoms with Crippen LogP contribution >= 0.6 is 0 Å². The van der Waals surface area contributed by atoms with Crippen LogP contribution in [-0.2, 0) is 11.2 Å². The number of amides is 1. The molecule has 0 aromatic heterocycles. The van der Waals surface area contributed by atoms with Crippen molar-refractivity contribution in [2.24, 2.45) is 0 Å². The van der Waals surface area contributed by atoms with E-state index in [1.807, 2.05) is 43.3 Å². The van der Waals surface area contributed by atoms with E-state index in [0.29, 0.717) is 13.0 Å². The fraction of sp³-hybridized carbons (Fsp3) is 0.350. The maximum atomic E-state index is 12.1. The minimum atomic E-state index is -0.0638. The first-order chi connectivity index (χ1) is 11.5. The maximum Gasteiger partial charge on any atom is 0.224 e. The Bertz CT molecular complexity index is 680. The van der Waals surface area contributed by atoms with E-state index >= 15 is 0 Å². The molecule has 0 aliphatic carbocycles. The van der Waals surface area contributed by atoms with Gasteiger partial charge in [-0.15, -0.1) is 0 Å². The summed E-state index contributed by atoms with van der Waals surface area (Å²) in [5.41, 5.74) is 3.47. The normalized spacial score (nSPS) is 11.7. The van der Waals surface area contributed by atoms with Crippen LogP contribution in [0, 0.1) is 13.8 Å². The van der Waals surface area contributed by atoms with Gasteiger partial charge in [0.25, 0.3) is 0 Å². The molecule has 0 saturated carbocycles. The zero-order valence-electron chi connectivity index (χ0n) is 14.8. The van der Waals surface area contributed by atoms with Crippen LogP contribution in [0.2, 0.25) is 0 Å². The van der Waals surface area contributed by atoms with Crippen LogP contribution < -0.4 is 14.8 Å². The van der Waals surface area contributed by atoms with Gasteiger partial charge in [-0.25, -0.2) is 0 Å². The van der Waals surface area contributed by atoms with Crippen molar-refractivity contribution in [1.29, 1.82) is 0 Å². The maximum absolute atomic E-state index is 12.1. The quantitative estimate of drug-likeness (QED) is 0.847. The molecule has 128 valence electrons. The third-order valence-corrected chi connectivity index (χ3v) is 3.90. The zero-order valence-corrected chi connectivity index (χ0v) is 14.8. The Morgan fingerprint density at radius 2 is 1.71 bits per heavy atom. The second-order valence-electron chi connectivity index (χ2n) is 6.05. The number of benzene rings is 2. The molecule has 0 aliphatic rings. The summed E-state index contributed by atoms with van der Waals surface area (Å²) in [6.07, 6.45) is 0.383. The first-order valence-corrected chi connectivity index (χ1v) is 8.10. The predicted octanol–water partition coefficient (Wildman–Crippen LogP) is 3.44. The van der Waals surface area contributed by atoms with E-state index < -0.39 is 0 Å². The summed E-state index contributed by atoms with van der Waals surface area (Å²) in [5.74, 6) is 1.55. The molecule has 0 unspecified atom stereocenters. The van der Waals surface area contributed by atoms with E-state index in [1.54, 1.807) is 7.11 Å². The van der Waals surface area contributed by atoms with Gasteiger partial charge in [-0.3, -0.25) is 4.79 Å². The highest BCUT2D eigenvalue weighted by Crippen LogP contribution is 2.17. The first kappa shape index (κ1) is 17.9. The van der Waals surface area contributed by atoms with Gasteiger partial charge >= 0.3 is 0 Å². The molecule has 24 heavy (non-hydrogen) atoms. The van der Waals surface area contributed by atoms with Crippen molar-refractivity contribution in [2.45, 2.75) is 33.2 Å². The van der Waals surface area contributed by atoms with Gasteiger partial charge in [0.15, 0.2) is 0 Å². The molecule has 2 rings (SSSR count). The van der Waals surface area contributed by atoms with Gasteiger partial charge in [-0.2, -0.15) is 0 Å². The van der Waals surface area contributed by atoms with Gasteiger partial charge in [0.1, 0.15) is 18.1 Å². The summed E-state index contributed by atoms with van der Waals surface area (Å²) in [6.45, 7) is 6.48. The molecule has 0 radical (unpaired) electrons. The molecule has 0 spiro atoms. The van der Waals surface area contributed by atoms with Crippen molar-refractivity contribution in [3.63, 3.8) is 0 Å². The number of carbonyl (C=O) groups excluding carboxylic acids is 1. The van der Waals surface area contributed by atoms with E-state index in [1.165, 1.54) is 11.1 Å². The molecule has 0 aliphatic heterocycles. The van der Waals surface area contributed by atoms with Crippen molar-refractivity contribution in [3.05, 3.63) is 59.2 Å². The Morgan fingerprint density at radius 1 is 1.04 bits per heavy atom. The van der Waals surface area contributed by atoms with Crippen LogP contribution in [0.5, 0.6) is 11.5 Å². The van der Waals surface area contributed by atoms with Crippen molar-refractivity contribution < 1.29 is 14.3 Å². The number of ether oxygens (including phenoxy) is 2. The highest BCUT2D eigenvalue weighted by atomic mass is 16.5. The first-order valence-electron chi connectivity index (χ1n) is 8.10. The Balaban J connectivity index is 1.79. The lowest BCUT2D eigenvalue weighted by molar-refractivity contribution is -0.121. The van der Waals surface area contributed by atoms with Crippen molar-refractivity contribution in [3.8, 4) is 11.5 Å². The number of carbonyl (C=O) groups is 1. The van der Waals surface area contributed by atoms with Crippen LogP contribution in [-0.4, -0.2) is 25.7 Å². The highest BCUT2D eigenvalue weighted by Gasteiger charge is 2.09. The molecular formula is C20H25NO3. The SMILES string of the molecule is COc1ccc(OC[C@H](C)NC(=O)Cc2ccc(C)c(C)c2)cc1. The number of aryl methyl sites for hydroxylation is 2. The van der Waals surface area contributed by atoms with E-state index in [9.17, 15) is 4.79 Å². The second kappa shape index (κ2) is 8.39. The third kappa shape index (κ3) is 5.30. The molecule has 0 saturated heterocycles. The standard InChI is InChI=1S/C20H25NO3/c1-14-5-6-17(11-15(14)2)12-20(22)21-16(3)13-24-19-9-7-18(23-4)8-10-19/h5-11,16H,12-13H2,1-4H3,(H,21,22)/t16-/m0/s1. The fourth-order valence-electron chi connectivity index (χ4n) is 2.36. The molecule has 2 aromatic rings. The smallest absolute Gasteiger partial charge is 0.224 e. The van der Waals surface area contributed by atoms with E-state index in [4.69, 9.17) is 9.47 Å². The average molecular weight is 327 g/mol. The van der Waals surface area contributed by atoms with E-state index in [2.05, 4.69) is 25.2 Å². The summed E-state index contributed by atoms with van der Waals surface area (Å²) in [7, 11) is 1.63. The van der Waals surface area contributed by atoms with Crippen LogP contribution in [0.15, 0.2) is 42.5 Å². The zero-order chi connectivity index (χ0) is 17.5. The average Bonchev–Trinajstić information content (AvgIpc) is 2.56. The molecule has 1 N–H and O–H groups in total. The second-order valence-corrected chi connectivity index (χ2v) is 6.05. The molecule has 0 heterocycles. The lowest BCUT2D eigenvalue weighted by atomic mass is 10.0. The van der Waals surface area contributed by atoms with Gasteiger partial charge in [-0.05, 0) is 61.7 Å². The summed E-state index contributed by atoms with van der Waals surface area (Å²) in [4.78, 5) is 12.1. The number of hydrogen-bond acceptors (Lipinski definition) is 3. The number of hydrogen-bond donors (Lipinski definition) is 1. The predicted molar refractivity (Wildman–Crippen MR) is 95.7 cm³/mol. The Kier molecular flexibility index (Phi) is 6.24. The molecule has 0 fully saturated rings. The summed E-state index contributed by atoms with van der Waals surface area (Å²) in [6, 6.07) is 13.4. The number of methoxy groups -OCH3 is 1. The Hall–Kier alpha value is -2.49. The van der Waals surface area contributed by atoms with Gasteiger partial charge in [0.2, 0.25) is 5.91 Å². The van der Waals surface area contributed by atoms with Crippen molar-refractivity contribution in [1.82, 2.24) is 5.32 Å². The van der Waals surface area contributed by atoms with Crippen molar-refractivity contribution in [2.75, 3.05) is 13.7 Å². The van der Waals surface area contributed by atoms with E-state index in [-0.39, 0.29) is 11.9 Å². The topological polar surface area (TPSA) is 47.6 Å². The minimum Gasteiger partial charge on any atom is -0.497 e. The summed E-state index contributed by atoms with van der Waals surface area (Å²) in [5, 5.41) is 2.97. The summed E-state index contributed by atoms with van der Waals surface area (Å²) >= 11 is 0. The Morgan fingerprint density at radius 3 is 2.33 bits per heavy atom. The van der Waals surface area contributed by atoms with Gasteiger partial charge in [-0.1, -0.05) is 18.2 Å². The Labute approximate surface area is 143 Å². The van der Waals surface area contributed by atoms with Crippen molar-refractivity contribution >= 4 is 5.91 Å².